The molecule has 4 rings (SSSR count). The van der Waals surface area contributed by atoms with Gasteiger partial charge >= 0.3 is 0 Å². The first-order valence-corrected chi connectivity index (χ1v) is 9.08. The molecule has 1 amide bonds. The Bertz CT molecular complexity index is 569. The largest absolute Gasteiger partial charge is 0.370 e. The minimum Gasteiger partial charge on any atom is -0.370 e. The van der Waals surface area contributed by atoms with Gasteiger partial charge in [-0.05, 0) is 49.7 Å². The smallest absolute Gasteiger partial charge is 0.227 e. The van der Waals surface area contributed by atoms with Crippen LogP contribution in [0.25, 0.3) is 0 Å². The number of halogens is 2. The van der Waals surface area contributed by atoms with Crippen molar-refractivity contribution in [2.75, 3.05) is 31.1 Å². The van der Waals surface area contributed by atoms with E-state index in [9.17, 15) is 4.79 Å². The molecule has 6 heteroatoms. The SMILES string of the molecule is Cl.Cl.NC1C2CCC(C2)C1C(=O)N1CCCN(c2ccccc2)CC1. The molecule has 4 nitrogen and oxygen atoms in total. The number of hydrogen-bond donors (Lipinski definition) is 1. The van der Waals surface area contributed by atoms with Gasteiger partial charge in [0.2, 0.25) is 5.91 Å². The number of rotatable bonds is 2. The van der Waals surface area contributed by atoms with Crippen molar-refractivity contribution in [1.82, 2.24) is 4.90 Å². The molecule has 1 saturated heterocycles. The van der Waals surface area contributed by atoms with E-state index in [-0.39, 0.29) is 36.8 Å². The van der Waals surface area contributed by atoms with E-state index < -0.39 is 0 Å². The molecule has 1 aromatic rings. The van der Waals surface area contributed by atoms with Gasteiger partial charge in [-0.3, -0.25) is 4.79 Å². The van der Waals surface area contributed by atoms with Crippen LogP contribution in [-0.4, -0.2) is 43.0 Å². The van der Waals surface area contributed by atoms with Crippen LogP contribution in [0.15, 0.2) is 30.3 Å². The van der Waals surface area contributed by atoms with E-state index in [4.69, 9.17) is 5.73 Å². The Hall–Kier alpha value is -0.970. The third kappa shape index (κ3) is 3.91. The molecular formula is C19H29Cl2N3O. The van der Waals surface area contributed by atoms with Crippen LogP contribution in [0.2, 0.25) is 0 Å². The van der Waals surface area contributed by atoms with Crippen LogP contribution in [0.5, 0.6) is 0 Å². The zero-order chi connectivity index (χ0) is 15.8. The first-order valence-electron chi connectivity index (χ1n) is 9.08. The van der Waals surface area contributed by atoms with Crippen molar-refractivity contribution < 1.29 is 4.79 Å². The van der Waals surface area contributed by atoms with Gasteiger partial charge in [0.25, 0.3) is 0 Å². The number of nitrogens with zero attached hydrogens (tertiary/aromatic N) is 2. The maximum Gasteiger partial charge on any atom is 0.227 e. The number of carbonyl (C=O) groups is 1. The molecule has 0 radical (unpaired) electrons. The van der Waals surface area contributed by atoms with Gasteiger partial charge in [-0.15, -0.1) is 24.8 Å². The molecular weight excluding hydrogens is 357 g/mol. The predicted octanol–water partition coefficient (Wildman–Crippen LogP) is 2.94. The summed E-state index contributed by atoms with van der Waals surface area (Å²) in [5.41, 5.74) is 7.63. The number of nitrogens with two attached hydrogens (primary N) is 1. The Balaban J connectivity index is 0.00000113. The molecule has 2 bridgehead atoms. The fraction of sp³-hybridized carbons (Fsp3) is 0.632. The number of benzene rings is 1. The van der Waals surface area contributed by atoms with Crippen molar-refractivity contribution >= 4 is 36.4 Å². The van der Waals surface area contributed by atoms with Crippen molar-refractivity contribution in [2.24, 2.45) is 23.5 Å². The molecule has 2 saturated carbocycles. The monoisotopic (exact) mass is 385 g/mol. The summed E-state index contributed by atoms with van der Waals surface area (Å²) in [6.07, 6.45) is 4.66. The molecule has 3 fully saturated rings. The van der Waals surface area contributed by atoms with Crippen LogP contribution in [-0.2, 0) is 4.79 Å². The zero-order valence-corrected chi connectivity index (χ0v) is 16.2. The van der Waals surface area contributed by atoms with Crippen LogP contribution < -0.4 is 10.6 Å². The van der Waals surface area contributed by atoms with Crippen LogP contribution in [0.3, 0.4) is 0 Å². The highest BCUT2D eigenvalue weighted by Crippen LogP contribution is 2.48. The van der Waals surface area contributed by atoms with Gasteiger partial charge in [0, 0.05) is 37.9 Å². The van der Waals surface area contributed by atoms with Gasteiger partial charge in [0.1, 0.15) is 0 Å². The van der Waals surface area contributed by atoms with Crippen LogP contribution >= 0.6 is 24.8 Å². The normalized spacial score (nSPS) is 31.1. The summed E-state index contributed by atoms with van der Waals surface area (Å²) in [6, 6.07) is 10.6. The molecule has 0 spiro atoms. The van der Waals surface area contributed by atoms with Crippen LogP contribution in [0.1, 0.15) is 25.7 Å². The van der Waals surface area contributed by atoms with Gasteiger partial charge in [0.15, 0.2) is 0 Å². The lowest BCUT2D eigenvalue weighted by Gasteiger charge is -2.32. The average Bonchev–Trinajstić information content (AvgIpc) is 3.07. The third-order valence-corrected chi connectivity index (χ3v) is 6.19. The van der Waals surface area contributed by atoms with E-state index >= 15 is 0 Å². The summed E-state index contributed by atoms with van der Waals surface area (Å²) in [4.78, 5) is 17.5. The van der Waals surface area contributed by atoms with E-state index in [2.05, 4.69) is 34.1 Å². The Kier molecular flexibility index (Phi) is 7.01. The van der Waals surface area contributed by atoms with E-state index in [1.54, 1.807) is 0 Å². The van der Waals surface area contributed by atoms with Crippen LogP contribution in [0, 0.1) is 17.8 Å². The molecule has 1 aromatic carbocycles. The first-order chi connectivity index (χ1) is 11.2. The standard InChI is InChI=1S/C19H27N3O.2ClH/c20-18-15-8-7-14(13-15)17(18)19(23)22-10-4-9-21(11-12-22)16-5-2-1-3-6-16;;/h1-3,5-6,14-15,17-18H,4,7-13,20H2;2*1H. The van der Waals surface area contributed by atoms with E-state index in [0.29, 0.717) is 17.7 Å². The molecule has 1 aliphatic heterocycles. The minimum atomic E-state index is 0. The summed E-state index contributed by atoms with van der Waals surface area (Å²) in [5, 5.41) is 0. The molecule has 4 unspecified atom stereocenters. The lowest BCUT2D eigenvalue weighted by Crippen LogP contribution is -2.48. The zero-order valence-electron chi connectivity index (χ0n) is 14.5. The Morgan fingerprint density at radius 3 is 2.36 bits per heavy atom. The topological polar surface area (TPSA) is 49.6 Å². The second kappa shape index (κ2) is 8.61. The number of para-hydroxylation sites is 1. The molecule has 3 aliphatic rings. The van der Waals surface area contributed by atoms with Crippen molar-refractivity contribution in [3.05, 3.63) is 30.3 Å². The summed E-state index contributed by atoms with van der Waals surface area (Å²) < 4.78 is 0. The second-order valence-electron chi connectivity index (χ2n) is 7.44. The van der Waals surface area contributed by atoms with Gasteiger partial charge in [0.05, 0.1) is 5.92 Å². The summed E-state index contributed by atoms with van der Waals surface area (Å²) >= 11 is 0. The Morgan fingerprint density at radius 2 is 1.68 bits per heavy atom. The van der Waals surface area contributed by atoms with Gasteiger partial charge in [-0.1, -0.05) is 18.2 Å². The van der Waals surface area contributed by atoms with Crippen molar-refractivity contribution in [2.45, 2.75) is 31.7 Å². The van der Waals surface area contributed by atoms with Crippen molar-refractivity contribution in [3.63, 3.8) is 0 Å². The van der Waals surface area contributed by atoms with Gasteiger partial charge < -0.3 is 15.5 Å². The number of fused-ring (bicyclic) bond motifs is 2. The summed E-state index contributed by atoms with van der Waals surface area (Å²) in [6.45, 7) is 3.65. The molecule has 25 heavy (non-hydrogen) atoms. The molecule has 0 aromatic heterocycles. The Labute approximate surface area is 162 Å². The Morgan fingerprint density at radius 1 is 0.960 bits per heavy atom. The van der Waals surface area contributed by atoms with Crippen molar-refractivity contribution in [3.8, 4) is 0 Å². The van der Waals surface area contributed by atoms with Gasteiger partial charge in [-0.2, -0.15) is 0 Å². The van der Waals surface area contributed by atoms with Crippen molar-refractivity contribution in [1.29, 1.82) is 0 Å². The van der Waals surface area contributed by atoms with Gasteiger partial charge in [-0.25, -0.2) is 0 Å². The molecule has 2 N–H and O–H groups in total. The maximum absolute atomic E-state index is 13.0. The number of amides is 1. The lowest BCUT2D eigenvalue weighted by molar-refractivity contribution is -0.137. The number of anilines is 1. The summed E-state index contributed by atoms with van der Waals surface area (Å²) in [5.74, 6) is 1.58. The molecule has 1 heterocycles. The fourth-order valence-electron chi connectivity index (χ4n) is 4.95. The minimum absolute atomic E-state index is 0. The fourth-order valence-corrected chi connectivity index (χ4v) is 4.95. The lowest BCUT2D eigenvalue weighted by atomic mass is 9.84. The highest BCUT2D eigenvalue weighted by molar-refractivity contribution is 5.85. The van der Waals surface area contributed by atoms with E-state index in [1.807, 2.05) is 6.07 Å². The average molecular weight is 386 g/mol. The molecule has 140 valence electrons. The van der Waals surface area contributed by atoms with E-state index in [1.165, 1.54) is 24.9 Å². The maximum atomic E-state index is 13.0. The molecule has 4 atom stereocenters. The highest BCUT2D eigenvalue weighted by Gasteiger charge is 2.50. The summed E-state index contributed by atoms with van der Waals surface area (Å²) in [7, 11) is 0. The molecule has 2 aliphatic carbocycles. The second-order valence-corrected chi connectivity index (χ2v) is 7.44. The number of carbonyl (C=O) groups excluding carboxylic acids is 1. The third-order valence-electron chi connectivity index (χ3n) is 6.19. The van der Waals surface area contributed by atoms with Crippen LogP contribution in [0.4, 0.5) is 5.69 Å². The predicted molar refractivity (Wildman–Crippen MR) is 107 cm³/mol. The quantitative estimate of drug-likeness (QED) is 0.850. The first kappa shape index (κ1) is 20.3. The number of hydrogen-bond acceptors (Lipinski definition) is 3. The highest BCUT2D eigenvalue weighted by atomic mass is 35.5. The van der Waals surface area contributed by atoms with E-state index in [0.717, 1.165) is 32.6 Å².